The molecular formula is C15H21N3O2. The molecule has 4 aliphatic rings. The molecule has 4 saturated carbocycles. The molecule has 0 spiro atoms. The van der Waals surface area contributed by atoms with Gasteiger partial charge in [0.05, 0.1) is 17.4 Å². The van der Waals surface area contributed by atoms with Crippen LogP contribution in [0.15, 0.2) is 6.20 Å². The van der Waals surface area contributed by atoms with E-state index in [1.54, 1.807) is 0 Å². The molecular weight excluding hydrogens is 254 g/mol. The van der Waals surface area contributed by atoms with Crippen molar-refractivity contribution >= 4 is 5.97 Å². The number of carbonyl (C=O) groups is 1. The van der Waals surface area contributed by atoms with Crippen LogP contribution in [0.1, 0.15) is 54.6 Å². The zero-order valence-corrected chi connectivity index (χ0v) is 11.6. The molecule has 1 heterocycles. The van der Waals surface area contributed by atoms with Crippen LogP contribution in [0.4, 0.5) is 0 Å². The molecule has 3 N–H and O–H groups in total. The van der Waals surface area contributed by atoms with E-state index in [4.69, 9.17) is 5.73 Å². The Morgan fingerprint density at radius 3 is 2.30 bits per heavy atom. The molecule has 5 nitrogen and oxygen atoms in total. The van der Waals surface area contributed by atoms with Crippen LogP contribution in [0.5, 0.6) is 0 Å². The maximum atomic E-state index is 11.3. The van der Waals surface area contributed by atoms with E-state index < -0.39 is 5.97 Å². The monoisotopic (exact) mass is 275 g/mol. The predicted molar refractivity (Wildman–Crippen MR) is 73.2 cm³/mol. The zero-order chi connectivity index (χ0) is 13.9. The molecule has 20 heavy (non-hydrogen) atoms. The fourth-order valence-electron chi connectivity index (χ4n) is 5.48. The van der Waals surface area contributed by atoms with E-state index in [0.717, 1.165) is 37.0 Å². The molecule has 0 amide bonds. The summed E-state index contributed by atoms with van der Waals surface area (Å²) in [6, 6.07) is 0. The van der Waals surface area contributed by atoms with Crippen molar-refractivity contribution in [3.63, 3.8) is 0 Å². The highest BCUT2D eigenvalue weighted by Gasteiger charge is 2.53. The van der Waals surface area contributed by atoms with Crippen molar-refractivity contribution in [3.8, 4) is 0 Å². The van der Waals surface area contributed by atoms with E-state index in [0.29, 0.717) is 5.69 Å². The van der Waals surface area contributed by atoms with Gasteiger partial charge in [-0.2, -0.15) is 5.10 Å². The first-order valence-electron chi connectivity index (χ1n) is 7.62. The fraction of sp³-hybridized carbons (Fsp3) is 0.733. The maximum absolute atomic E-state index is 11.3. The largest absolute Gasteiger partial charge is 0.478 e. The summed E-state index contributed by atoms with van der Waals surface area (Å²) < 4.78 is 2.00. The number of nitrogens with two attached hydrogens (primary N) is 1. The lowest BCUT2D eigenvalue weighted by molar-refractivity contribution is -0.0507. The van der Waals surface area contributed by atoms with Gasteiger partial charge in [0, 0.05) is 6.54 Å². The minimum absolute atomic E-state index is 0.0527. The fourth-order valence-corrected chi connectivity index (χ4v) is 5.48. The Labute approximate surface area is 118 Å². The van der Waals surface area contributed by atoms with Crippen LogP contribution in [0.2, 0.25) is 0 Å². The van der Waals surface area contributed by atoms with Gasteiger partial charge in [-0.15, -0.1) is 0 Å². The number of aromatic nitrogens is 2. The molecule has 0 unspecified atom stereocenters. The average Bonchev–Trinajstić information content (AvgIpc) is 2.81. The Balaban J connectivity index is 1.79. The minimum Gasteiger partial charge on any atom is -0.478 e. The van der Waals surface area contributed by atoms with Crippen molar-refractivity contribution in [3.05, 3.63) is 17.5 Å². The molecule has 1 aromatic rings. The van der Waals surface area contributed by atoms with Crippen LogP contribution >= 0.6 is 0 Å². The molecule has 0 saturated heterocycles. The first kappa shape index (κ1) is 12.4. The number of carboxylic acids is 1. The van der Waals surface area contributed by atoms with Gasteiger partial charge in [0.25, 0.3) is 0 Å². The van der Waals surface area contributed by atoms with E-state index >= 15 is 0 Å². The molecule has 1 aromatic heterocycles. The number of hydrogen-bond acceptors (Lipinski definition) is 3. The molecule has 5 rings (SSSR count). The Kier molecular flexibility index (Phi) is 2.52. The lowest BCUT2D eigenvalue weighted by Gasteiger charge is -2.57. The lowest BCUT2D eigenvalue weighted by Crippen LogP contribution is -2.52. The first-order valence-corrected chi connectivity index (χ1v) is 7.62. The minimum atomic E-state index is -0.915. The van der Waals surface area contributed by atoms with E-state index in [2.05, 4.69) is 5.10 Å². The standard InChI is InChI=1S/C15H21N3O2/c16-7-13-12(14(19)20)8-17-18(13)15-4-9-1-10(5-15)3-11(2-9)6-15/h8-11H,1-7,16H2,(H,19,20). The molecule has 0 radical (unpaired) electrons. The molecule has 4 aliphatic carbocycles. The van der Waals surface area contributed by atoms with Crippen molar-refractivity contribution in [2.75, 3.05) is 0 Å². The van der Waals surface area contributed by atoms with Gasteiger partial charge >= 0.3 is 5.97 Å². The van der Waals surface area contributed by atoms with Crippen LogP contribution in [0.25, 0.3) is 0 Å². The highest BCUT2D eigenvalue weighted by molar-refractivity contribution is 5.88. The second-order valence-corrected chi connectivity index (χ2v) is 7.07. The first-order chi connectivity index (χ1) is 9.61. The molecule has 4 fully saturated rings. The van der Waals surface area contributed by atoms with Gasteiger partial charge < -0.3 is 10.8 Å². The van der Waals surface area contributed by atoms with Gasteiger partial charge in [-0.25, -0.2) is 4.79 Å². The van der Waals surface area contributed by atoms with Crippen molar-refractivity contribution in [2.24, 2.45) is 23.5 Å². The van der Waals surface area contributed by atoms with Crippen molar-refractivity contribution in [1.82, 2.24) is 9.78 Å². The Bertz CT molecular complexity index is 528. The van der Waals surface area contributed by atoms with Crippen LogP contribution in [-0.4, -0.2) is 20.9 Å². The SMILES string of the molecule is NCc1c(C(=O)O)cnn1C12CC3CC(CC(C3)C1)C2. The zero-order valence-electron chi connectivity index (χ0n) is 11.6. The molecule has 5 heteroatoms. The predicted octanol–water partition coefficient (Wildman–Crippen LogP) is 1.97. The third kappa shape index (κ3) is 1.59. The third-order valence-electron chi connectivity index (χ3n) is 5.75. The Morgan fingerprint density at radius 1 is 1.30 bits per heavy atom. The summed E-state index contributed by atoms with van der Waals surface area (Å²) in [5.41, 5.74) is 6.87. The van der Waals surface area contributed by atoms with E-state index in [1.165, 1.54) is 25.5 Å². The third-order valence-corrected chi connectivity index (χ3v) is 5.75. The molecule has 0 atom stereocenters. The van der Waals surface area contributed by atoms with E-state index in [-0.39, 0.29) is 17.6 Å². The van der Waals surface area contributed by atoms with Crippen LogP contribution in [0, 0.1) is 17.8 Å². The van der Waals surface area contributed by atoms with E-state index in [1.807, 2.05) is 4.68 Å². The highest BCUT2D eigenvalue weighted by atomic mass is 16.4. The topological polar surface area (TPSA) is 81.1 Å². The summed E-state index contributed by atoms with van der Waals surface area (Å²) in [7, 11) is 0. The van der Waals surface area contributed by atoms with Gasteiger partial charge in [0.1, 0.15) is 5.56 Å². The van der Waals surface area contributed by atoms with Crippen molar-refractivity contribution < 1.29 is 9.90 Å². The maximum Gasteiger partial charge on any atom is 0.339 e. The van der Waals surface area contributed by atoms with E-state index in [9.17, 15) is 9.90 Å². The summed E-state index contributed by atoms with van der Waals surface area (Å²) in [4.78, 5) is 11.3. The molecule has 0 aromatic carbocycles. The second kappa shape index (κ2) is 4.07. The summed E-state index contributed by atoms with van der Waals surface area (Å²) in [6.07, 6.45) is 9.06. The number of aromatic carboxylic acids is 1. The molecule has 4 bridgehead atoms. The van der Waals surface area contributed by atoms with Crippen LogP contribution < -0.4 is 5.73 Å². The molecule has 108 valence electrons. The van der Waals surface area contributed by atoms with Crippen LogP contribution in [-0.2, 0) is 12.1 Å². The normalized spacial score (nSPS) is 38.4. The van der Waals surface area contributed by atoms with Gasteiger partial charge in [-0.3, -0.25) is 4.68 Å². The summed E-state index contributed by atoms with van der Waals surface area (Å²) in [5.74, 6) is 1.51. The molecule has 0 aliphatic heterocycles. The summed E-state index contributed by atoms with van der Waals surface area (Å²) >= 11 is 0. The number of carboxylic acid groups (broad SMARTS) is 1. The second-order valence-electron chi connectivity index (χ2n) is 7.07. The quantitative estimate of drug-likeness (QED) is 0.883. The number of rotatable bonds is 3. The number of hydrogen-bond donors (Lipinski definition) is 2. The highest BCUT2D eigenvalue weighted by Crippen LogP contribution is 2.58. The Morgan fingerprint density at radius 2 is 1.85 bits per heavy atom. The van der Waals surface area contributed by atoms with Gasteiger partial charge in [-0.05, 0) is 56.3 Å². The van der Waals surface area contributed by atoms with Crippen molar-refractivity contribution in [1.29, 1.82) is 0 Å². The summed E-state index contributed by atoms with van der Waals surface area (Å²) in [5, 5.41) is 13.7. The number of nitrogens with zero attached hydrogens (tertiary/aromatic N) is 2. The van der Waals surface area contributed by atoms with Crippen LogP contribution in [0.3, 0.4) is 0 Å². The smallest absolute Gasteiger partial charge is 0.339 e. The van der Waals surface area contributed by atoms with Gasteiger partial charge in [0.2, 0.25) is 0 Å². The van der Waals surface area contributed by atoms with Gasteiger partial charge in [0.15, 0.2) is 0 Å². The lowest BCUT2D eigenvalue weighted by atomic mass is 9.53. The summed E-state index contributed by atoms with van der Waals surface area (Å²) in [6.45, 7) is 0.253. The van der Waals surface area contributed by atoms with Crippen molar-refractivity contribution in [2.45, 2.75) is 50.6 Å². The van der Waals surface area contributed by atoms with Gasteiger partial charge in [-0.1, -0.05) is 0 Å². The average molecular weight is 275 g/mol. The Hall–Kier alpha value is -1.36.